The van der Waals surface area contributed by atoms with Gasteiger partial charge in [-0.05, 0) is 31.0 Å². The second kappa shape index (κ2) is 5.68. The third-order valence-electron chi connectivity index (χ3n) is 4.56. The molecule has 2 aromatic rings. The number of imidazole rings is 1. The van der Waals surface area contributed by atoms with Crippen LogP contribution in [-0.4, -0.2) is 22.1 Å². The summed E-state index contributed by atoms with van der Waals surface area (Å²) in [7, 11) is 0. The summed E-state index contributed by atoms with van der Waals surface area (Å²) in [5, 5.41) is 0. The predicted octanol–water partition coefficient (Wildman–Crippen LogP) is 3.18. The highest BCUT2D eigenvalue weighted by Gasteiger charge is 2.40. The standard InChI is InChI=1S/C16H17F3N2O3/c1-10(22)24-9-15(6-2-3-7-15)21-13-8-11(16(17,18)19)4-5-12(13)20-14(21)23/h4-5,8H,2-3,6-7,9H2,1H3,(H,20,23). The van der Waals surface area contributed by atoms with Gasteiger partial charge >= 0.3 is 17.8 Å². The molecule has 8 heteroatoms. The molecule has 0 amide bonds. The molecule has 0 saturated heterocycles. The van der Waals surface area contributed by atoms with Crippen LogP contribution in [0.3, 0.4) is 0 Å². The Bertz CT molecular complexity index is 829. The number of alkyl halides is 3. The largest absolute Gasteiger partial charge is 0.463 e. The monoisotopic (exact) mass is 342 g/mol. The Morgan fingerprint density at radius 2 is 2.00 bits per heavy atom. The smallest absolute Gasteiger partial charge is 0.416 e. The van der Waals surface area contributed by atoms with E-state index in [1.165, 1.54) is 17.6 Å². The van der Waals surface area contributed by atoms with Crippen LogP contribution < -0.4 is 5.69 Å². The molecule has 0 radical (unpaired) electrons. The number of H-pyrrole nitrogens is 1. The van der Waals surface area contributed by atoms with Crippen LogP contribution in [0.2, 0.25) is 0 Å². The SMILES string of the molecule is CC(=O)OCC1(n2c(=O)[nH]c3ccc(C(F)(F)F)cc32)CCCC1. The van der Waals surface area contributed by atoms with Crippen molar-refractivity contribution in [3.8, 4) is 0 Å². The number of fused-ring (bicyclic) bond motifs is 1. The van der Waals surface area contributed by atoms with E-state index in [0.29, 0.717) is 18.4 Å². The summed E-state index contributed by atoms with van der Waals surface area (Å²) < 4.78 is 45.5. The quantitative estimate of drug-likeness (QED) is 0.872. The van der Waals surface area contributed by atoms with E-state index in [9.17, 15) is 22.8 Å². The number of carbonyl (C=O) groups is 1. The van der Waals surface area contributed by atoms with Crippen molar-refractivity contribution in [1.82, 2.24) is 9.55 Å². The van der Waals surface area contributed by atoms with Crippen LogP contribution in [0, 0.1) is 0 Å². The number of aromatic amines is 1. The van der Waals surface area contributed by atoms with E-state index in [4.69, 9.17) is 4.74 Å². The zero-order chi connectivity index (χ0) is 17.5. The van der Waals surface area contributed by atoms with Gasteiger partial charge in [0.2, 0.25) is 0 Å². The Morgan fingerprint density at radius 3 is 2.58 bits per heavy atom. The number of aromatic nitrogens is 2. The van der Waals surface area contributed by atoms with Crippen LogP contribution in [-0.2, 0) is 21.2 Å². The average molecular weight is 342 g/mol. The van der Waals surface area contributed by atoms with Gasteiger partial charge in [0.1, 0.15) is 6.61 Å². The fourth-order valence-corrected chi connectivity index (χ4v) is 3.45. The van der Waals surface area contributed by atoms with Gasteiger partial charge in [-0.2, -0.15) is 13.2 Å². The van der Waals surface area contributed by atoms with Crippen LogP contribution in [0.25, 0.3) is 11.0 Å². The molecule has 0 unspecified atom stereocenters. The Morgan fingerprint density at radius 1 is 1.33 bits per heavy atom. The van der Waals surface area contributed by atoms with E-state index in [1.807, 2.05) is 0 Å². The number of esters is 1. The number of rotatable bonds is 3. The highest BCUT2D eigenvalue weighted by atomic mass is 19.4. The molecule has 0 aliphatic heterocycles. The molecule has 1 fully saturated rings. The maximum Gasteiger partial charge on any atom is 0.416 e. The fourth-order valence-electron chi connectivity index (χ4n) is 3.45. The number of halogens is 3. The minimum absolute atomic E-state index is 0.0224. The van der Waals surface area contributed by atoms with Gasteiger partial charge < -0.3 is 9.72 Å². The minimum Gasteiger partial charge on any atom is -0.463 e. The highest BCUT2D eigenvalue weighted by molar-refractivity contribution is 5.76. The third kappa shape index (κ3) is 2.81. The van der Waals surface area contributed by atoms with Crippen molar-refractivity contribution in [2.24, 2.45) is 0 Å². The van der Waals surface area contributed by atoms with Crippen molar-refractivity contribution in [2.75, 3.05) is 6.61 Å². The molecule has 0 spiro atoms. The van der Waals surface area contributed by atoms with Crippen molar-refractivity contribution < 1.29 is 22.7 Å². The summed E-state index contributed by atoms with van der Waals surface area (Å²) in [6, 6.07) is 3.17. The van der Waals surface area contributed by atoms with Crippen LogP contribution in [0.1, 0.15) is 38.2 Å². The van der Waals surface area contributed by atoms with Gasteiger partial charge in [0, 0.05) is 6.92 Å². The van der Waals surface area contributed by atoms with Crippen LogP contribution in [0.5, 0.6) is 0 Å². The minimum atomic E-state index is -4.49. The average Bonchev–Trinajstić information content (AvgIpc) is 3.07. The van der Waals surface area contributed by atoms with Gasteiger partial charge in [-0.15, -0.1) is 0 Å². The molecule has 1 aromatic heterocycles. The van der Waals surface area contributed by atoms with E-state index in [-0.39, 0.29) is 12.1 Å². The molecule has 1 aliphatic rings. The second-order valence-corrected chi connectivity index (χ2v) is 6.21. The van der Waals surface area contributed by atoms with E-state index in [2.05, 4.69) is 4.98 Å². The summed E-state index contributed by atoms with van der Waals surface area (Å²) in [4.78, 5) is 26.2. The summed E-state index contributed by atoms with van der Waals surface area (Å²) in [5.41, 5.74) is -1.58. The molecular formula is C16H17F3N2O3. The van der Waals surface area contributed by atoms with Crippen LogP contribution >= 0.6 is 0 Å². The first-order chi connectivity index (χ1) is 11.2. The number of hydrogen-bond acceptors (Lipinski definition) is 3. The van der Waals surface area contributed by atoms with Crippen molar-refractivity contribution in [3.05, 3.63) is 34.2 Å². The molecule has 1 heterocycles. The number of benzene rings is 1. The second-order valence-electron chi connectivity index (χ2n) is 6.21. The Labute approximate surface area is 135 Å². The molecule has 5 nitrogen and oxygen atoms in total. The van der Waals surface area contributed by atoms with Gasteiger partial charge in [-0.1, -0.05) is 12.8 Å². The maximum absolute atomic E-state index is 13.0. The Balaban J connectivity index is 2.17. The molecule has 1 aromatic carbocycles. The van der Waals surface area contributed by atoms with Crippen molar-refractivity contribution in [2.45, 2.75) is 44.3 Å². The molecule has 1 saturated carbocycles. The highest BCUT2D eigenvalue weighted by Crippen LogP contribution is 2.39. The lowest BCUT2D eigenvalue weighted by molar-refractivity contribution is -0.144. The Kier molecular flexibility index (Phi) is 3.93. The lowest BCUT2D eigenvalue weighted by atomic mass is 9.98. The molecule has 24 heavy (non-hydrogen) atoms. The lowest BCUT2D eigenvalue weighted by Crippen LogP contribution is -2.42. The molecule has 0 atom stereocenters. The molecule has 3 rings (SSSR count). The Hall–Kier alpha value is -2.25. The van der Waals surface area contributed by atoms with Gasteiger partial charge in [0.25, 0.3) is 0 Å². The third-order valence-corrected chi connectivity index (χ3v) is 4.56. The molecule has 0 bridgehead atoms. The first kappa shape index (κ1) is 16.6. The van der Waals surface area contributed by atoms with Crippen molar-refractivity contribution in [1.29, 1.82) is 0 Å². The van der Waals surface area contributed by atoms with Crippen LogP contribution in [0.15, 0.2) is 23.0 Å². The number of nitrogens with zero attached hydrogens (tertiary/aromatic N) is 1. The molecule has 1 N–H and O–H groups in total. The first-order valence-corrected chi connectivity index (χ1v) is 7.69. The summed E-state index contributed by atoms with van der Waals surface area (Å²) in [6.45, 7) is 1.24. The number of hydrogen-bond donors (Lipinski definition) is 1. The summed E-state index contributed by atoms with van der Waals surface area (Å²) in [6.07, 6.45) is -1.71. The topological polar surface area (TPSA) is 64.1 Å². The van der Waals surface area contributed by atoms with Gasteiger partial charge in [0.15, 0.2) is 0 Å². The van der Waals surface area contributed by atoms with Gasteiger partial charge in [-0.25, -0.2) is 4.79 Å². The number of nitrogens with one attached hydrogen (secondary N) is 1. The number of carbonyl (C=O) groups excluding carboxylic acids is 1. The van der Waals surface area contributed by atoms with E-state index < -0.39 is 28.9 Å². The van der Waals surface area contributed by atoms with E-state index in [0.717, 1.165) is 25.0 Å². The normalized spacial score (nSPS) is 17.3. The van der Waals surface area contributed by atoms with Crippen LogP contribution in [0.4, 0.5) is 13.2 Å². The van der Waals surface area contributed by atoms with Gasteiger partial charge in [-0.3, -0.25) is 9.36 Å². The van der Waals surface area contributed by atoms with Gasteiger partial charge in [0.05, 0.1) is 22.1 Å². The summed E-state index contributed by atoms with van der Waals surface area (Å²) in [5.74, 6) is -0.481. The number of ether oxygens (including phenoxy) is 1. The zero-order valence-corrected chi connectivity index (χ0v) is 13.1. The predicted molar refractivity (Wildman–Crippen MR) is 80.6 cm³/mol. The summed E-state index contributed by atoms with van der Waals surface area (Å²) >= 11 is 0. The van der Waals surface area contributed by atoms with Crippen molar-refractivity contribution in [3.63, 3.8) is 0 Å². The van der Waals surface area contributed by atoms with Crippen molar-refractivity contribution >= 4 is 17.0 Å². The van der Waals surface area contributed by atoms with E-state index >= 15 is 0 Å². The molecule has 130 valence electrons. The molecular weight excluding hydrogens is 325 g/mol. The maximum atomic E-state index is 13.0. The fraction of sp³-hybridized carbons (Fsp3) is 0.500. The lowest BCUT2D eigenvalue weighted by Gasteiger charge is -2.30. The zero-order valence-electron chi connectivity index (χ0n) is 13.1. The molecule has 1 aliphatic carbocycles. The first-order valence-electron chi connectivity index (χ1n) is 7.69. The van der Waals surface area contributed by atoms with E-state index in [1.54, 1.807) is 0 Å².